The third kappa shape index (κ3) is 3.02. The molecule has 90 valence electrons. The molecule has 0 heterocycles. The lowest BCUT2D eigenvalue weighted by Gasteiger charge is -2.16. The van der Waals surface area contributed by atoms with Gasteiger partial charge in [0.05, 0.1) is 23.6 Å². The maximum Gasteiger partial charge on any atom is 0.175 e. The zero-order chi connectivity index (χ0) is 12.3. The molecule has 0 aliphatic carbocycles. The zero-order valence-corrected chi connectivity index (χ0v) is 9.68. The van der Waals surface area contributed by atoms with E-state index in [1.807, 2.05) is 0 Å². The number of hydrogen-bond donors (Lipinski definition) is 3. The number of aliphatic hydroxyl groups excluding tert-OH is 2. The average Bonchev–Trinajstić information content (AvgIpc) is 2.26. The normalized spacial score (nSPS) is 15.8. The van der Waals surface area contributed by atoms with Gasteiger partial charge in [0.25, 0.3) is 0 Å². The Kier molecular flexibility index (Phi) is 4.03. The van der Waals surface area contributed by atoms with Gasteiger partial charge in [-0.1, -0.05) is 12.1 Å². The van der Waals surface area contributed by atoms with Gasteiger partial charge in [0.15, 0.2) is 9.84 Å². The van der Waals surface area contributed by atoms with Gasteiger partial charge in [0.2, 0.25) is 0 Å². The van der Waals surface area contributed by atoms with E-state index >= 15 is 0 Å². The Hall–Kier alpha value is -0.950. The Balaban J connectivity index is 2.96. The monoisotopic (exact) mass is 245 g/mol. The standard InChI is InChI=1S/C10H15NO4S/c1-16(14,15)8-4-2-7(3-5-8)10(13)9(11)6-12/h2-5,9-10,12-13H,6,11H2,1H3/t9-,10?/m0/s1. The number of rotatable bonds is 4. The molecule has 0 spiro atoms. The van der Waals surface area contributed by atoms with Crippen LogP contribution in [0.4, 0.5) is 0 Å². The van der Waals surface area contributed by atoms with Crippen molar-refractivity contribution in [2.75, 3.05) is 12.9 Å². The van der Waals surface area contributed by atoms with Gasteiger partial charge in [-0.2, -0.15) is 0 Å². The summed E-state index contributed by atoms with van der Waals surface area (Å²) in [6, 6.07) is 4.99. The third-order valence-corrected chi connectivity index (χ3v) is 3.39. The van der Waals surface area contributed by atoms with Gasteiger partial charge in [0.1, 0.15) is 0 Å². The second-order valence-electron chi connectivity index (χ2n) is 3.63. The van der Waals surface area contributed by atoms with Gasteiger partial charge in [-0.3, -0.25) is 0 Å². The van der Waals surface area contributed by atoms with Gasteiger partial charge in [0, 0.05) is 6.26 Å². The van der Waals surface area contributed by atoms with Crippen LogP contribution in [0, 0.1) is 0 Å². The number of aliphatic hydroxyl groups is 2. The molecule has 0 aliphatic heterocycles. The molecule has 0 saturated carbocycles. The molecule has 0 saturated heterocycles. The summed E-state index contributed by atoms with van der Waals surface area (Å²) < 4.78 is 22.4. The molecular weight excluding hydrogens is 230 g/mol. The van der Waals surface area contributed by atoms with Crippen LogP contribution in [-0.4, -0.2) is 37.5 Å². The van der Waals surface area contributed by atoms with E-state index in [0.717, 1.165) is 6.26 Å². The van der Waals surface area contributed by atoms with Crippen LogP contribution in [-0.2, 0) is 9.84 Å². The number of sulfone groups is 1. The van der Waals surface area contributed by atoms with Crippen LogP contribution in [0.15, 0.2) is 29.2 Å². The highest BCUT2D eigenvalue weighted by Crippen LogP contribution is 2.18. The molecule has 0 aliphatic rings. The smallest absolute Gasteiger partial charge is 0.175 e. The van der Waals surface area contributed by atoms with Gasteiger partial charge in [-0.25, -0.2) is 8.42 Å². The second kappa shape index (κ2) is 4.92. The molecule has 0 bridgehead atoms. The van der Waals surface area contributed by atoms with Crippen LogP contribution >= 0.6 is 0 Å². The second-order valence-corrected chi connectivity index (χ2v) is 5.65. The van der Waals surface area contributed by atoms with Crippen molar-refractivity contribution >= 4 is 9.84 Å². The fraction of sp³-hybridized carbons (Fsp3) is 0.400. The third-order valence-electron chi connectivity index (χ3n) is 2.27. The van der Waals surface area contributed by atoms with Crippen LogP contribution in [0.25, 0.3) is 0 Å². The molecule has 0 aromatic heterocycles. The Labute approximate surface area is 94.4 Å². The maximum absolute atomic E-state index is 11.2. The van der Waals surface area contributed by atoms with E-state index < -0.39 is 22.0 Å². The van der Waals surface area contributed by atoms with Crippen LogP contribution < -0.4 is 5.73 Å². The van der Waals surface area contributed by atoms with E-state index in [1.54, 1.807) is 0 Å². The number of hydrogen-bond acceptors (Lipinski definition) is 5. The molecule has 4 N–H and O–H groups in total. The summed E-state index contributed by atoms with van der Waals surface area (Å²) in [6.07, 6.45) is 0.108. The summed E-state index contributed by atoms with van der Waals surface area (Å²) >= 11 is 0. The van der Waals surface area contributed by atoms with E-state index in [9.17, 15) is 13.5 Å². The summed E-state index contributed by atoms with van der Waals surface area (Å²) in [5.74, 6) is 0. The number of nitrogens with two attached hydrogens (primary N) is 1. The van der Waals surface area contributed by atoms with Gasteiger partial charge < -0.3 is 15.9 Å². The molecule has 16 heavy (non-hydrogen) atoms. The highest BCUT2D eigenvalue weighted by molar-refractivity contribution is 7.90. The van der Waals surface area contributed by atoms with Crippen LogP contribution in [0.5, 0.6) is 0 Å². The Morgan fingerprint density at radius 1 is 1.31 bits per heavy atom. The van der Waals surface area contributed by atoms with Crippen molar-refractivity contribution in [1.29, 1.82) is 0 Å². The van der Waals surface area contributed by atoms with E-state index in [-0.39, 0.29) is 11.5 Å². The molecule has 0 fully saturated rings. The lowest BCUT2D eigenvalue weighted by molar-refractivity contribution is 0.109. The lowest BCUT2D eigenvalue weighted by atomic mass is 10.0. The Morgan fingerprint density at radius 2 is 1.81 bits per heavy atom. The topological polar surface area (TPSA) is 101 Å². The first-order valence-electron chi connectivity index (χ1n) is 4.71. The zero-order valence-electron chi connectivity index (χ0n) is 8.87. The van der Waals surface area contributed by atoms with Gasteiger partial charge in [-0.15, -0.1) is 0 Å². The summed E-state index contributed by atoms with van der Waals surface area (Å²) in [6.45, 7) is -0.338. The molecule has 1 rings (SSSR count). The van der Waals surface area contributed by atoms with Crippen molar-refractivity contribution < 1.29 is 18.6 Å². The van der Waals surface area contributed by atoms with E-state index in [2.05, 4.69) is 0 Å². The Morgan fingerprint density at radius 3 is 2.19 bits per heavy atom. The highest BCUT2D eigenvalue weighted by atomic mass is 32.2. The molecule has 6 heteroatoms. The minimum absolute atomic E-state index is 0.181. The van der Waals surface area contributed by atoms with Crippen molar-refractivity contribution in [3.05, 3.63) is 29.8 Å². The molecule has 2 atom stereocenters. The fourth-order valence-corrected chi connectivity index (χ4v) is 1.89. The lowest BCUT2D eigenvalue weighted by Crippen LogP contribution is -2.31. The van der Waals surface area contributed by atoms with E-state index in [4.69, 9.17) is 10.8 Å². The predicted octanol–water partition coefficient (Wildman–Crippen LogP) is -0.557. The van der Waals surface area contributed by atoms with Crippen molar-refractivity contribution in [2.45, 2.75) is 17.0 Å². The maximum atomic E-state index is 11.2. The summed E-state index contributed by atoms with van der Waals surface area (Å²) in [5.41, 5.74) is 5.93. The van der Waals surface area contributed by atoms with Crippen molar-refractivity contribution in [3.8, 4) is 0 Å². The number of benzene rings is 1. The predicted molar refractivity (Wildman–Crippen MR) is 59.6 cm³/mol. The average molecular weight is 245 g/mol. The van der Waals surface area contributed by atoms with Crippen molar-refractivity contribution in [3.63, 3.8) is 0 Å². The van der Waals surface area contributed by atoms with Crippen LogP contribution in [0.3, 0.4) is 0 Å². The van der Waals surface area contributed by atoms with E-state index in [0.29, 0.717) is 5.56 Å². The van der Waals surface area contributed by atoms with Crippen molar-refractivity contribution in [2.24, 2.45) is 5.73 Å². The van der Waals surface area contributed by atoms with Gasteiger partial charge in [-0.05, 0) is 17.7 Å². The molecule has 5 nitrogen and oxygen atoms in total. The first-order chi connectivity index (χ1) is 7.36. The molecule has 0 amide bonds. The van der Waals surface area contributed by atoms with Crippen LogP contribution in [0.1, 0.15) is 11.7 Å². The molecule has 1 aromatic carbocycles. The first kappa shape index (κ1) is 13.1. The Bertz CT molecular complexity index is 440. The molecule has 1 aromatic rings. The van der Waals surface area contributed by atoms with Crippen molar-refractivity contribution in [1.82, 2.24) is 0 Å². The first-order valence-corrected chi connectivity index (χ1v) is 6.60. The molecular formula is C10H15NO4S. The molecule has 1 unspecified atom stereocenters. The summed E-state index contributed by atoms with van der Waals surface area (Å²) in [7, 11) is -3.23. The highest BCUT2D eigenvalue weighted by Gasteiger charge is 2.16. The molecule has 0 radical (unpaired) electrons. The summed E-state index contributed by atoms with van der Waals surface area (Å²) in [5, 5.41) is 18.4. The minimum atomic E-state index is -3.23. The summed E-state index contributed by atoms with van der Waals surface area (Å²) in [4.78, 5) is 0.181. The van der Waals surface area contributed by atoms with Crippen LogP contribution in [0.2, 0.25) is 0 Å². The largest absolute Gasteiger partial charge is 0.395 e. The quantitative estimate of drug-likeness (QED) is 0.660. The van der Waals surface area contributed by atoms with Gasteiger partial charge >= 0.3 is 0 Å². The minimum Gasteiger partial charge on any atom is -0.395 e. The van der Waals surface area contributed by atoms with E-state index in [1.165, 1.54) is 24.3 Å². The SMILES string of the molecule is CS(=O)(=O)c1ccc(C(O)[C@@H](N)CO)cc1. The fourth-order valence-electron chi connectivity index (χ4n) is 1.26.